The average Bonchev–Trinajstić information content (AvgIpc) is 3.29. The maximum absolute atomic E-state index is 4.69. The first-order valence-corrected chi connectivity index (χ1v) is 7.42. The van der Waals surface area contributed by atoms with Gasteiger partial charge in [0.1, 0.15) is 0 Å². The van der Waals surface area contributed by atoms with Crippen LogP contribution in [0.1, 0.15) is 36.7 Å². The number of nitrogens with one attached hydrogen (secondary N) is 1. The molecule has 0 unspecified atom stereocenters. The van der Waals surface area contributed by atoms with Crippen molar-refractivity contribution in [2.24, 2.45) is 0 Å². The summed E-state index contributed by atoms with van der Waals surface area (Å²) in [6, 6.07) is 11.3. The van der Waals surface area contributed by atoms with E-state index in [1.54, 1.807) is 0 Å². The number of benzene rings is 1. The molecular formula is C17H21N3. The number of hydrogen-bond donors (Lipinski definition) is 1. The Kier molecular flexibility index (Phi) is 3.79. The molecular weight excluding hydrogens is 246 g/mol. The summed E-state index contributed by atoms with van der Waals surface area (Å²) in [6.45, 7) is 5.04. The topological polar surface area (TPSA) is 37.8 Å². The van der Waals surface area contributed by atoms with Gasteiger partial charge < -0.3 is 5.32 Å². The van der Waals surface area contributed by atoms with Gasteiger partial charge in [0.25, 0.3) is 0 Å². The Morgan fingerprint density at radius 2 is 1.90 bits per heavy atom. The molecule has 1 heterocycles. The van der Waals surface area contributed by atoms with Crippen LogP contribution >= 0.6 is 0 Å². The minimum atomic E-state index is 0.706. The zero-order valence-electron chi connectivity index (χ0n) is 12.2. The number of hydrogen-bond acceptors (Lipinski definition) is 3. The van der Waals surface area contributed by atoms with Crippen molar-refractivity contribution in [3.05, 3.63) is 47.3 Å². The van der Waals surface area contributed by atoms with Gasteiger partial charge in [0, 0.05) is 23.8 Å². The maximum Gasteiger partial charge on any atom is 0.159 e. The van der Waals surface area contributed by atoms with E-state index in [0.717, 1.165) is 35.7 Å². The van der Waals surface area contributed by atoms with Gasteiger partial charge in [-0.05, 0) is 37.8 Å². The molecule has 2 aromatic rings. The van der Waals surface area contributed by atoms with Crippen molar-refractivity contribution < 1.29 is 0 Å². The fourth-order valence-electron chi connectivity index (χ4n) is 2.28. The highest BCUT2D eigenvalue weighted by Gasteiger charge is 2.20. The molecule has 1 aromatic carbocycles. The van der Waals surface area contributed by atoms with Crippen molar-refractivity contribution in [1.82, 2.24) is 15.3 Å². The van der Waals surface area contributed by atoms with Crippen LogP contribution in [0, 0.1) is 6.92 Å². The lowest BCUT2D eigenvalue weighted by Gasteiger charge is -2.07. The van der Waals surface area contributed by atoms with Crippen molar-refractivity contribution in [2.75, 3.05) is 0 Å². The maximum atomic E-state index is 4.69. The molecule has 1 fully saturated rings. The number of aromatic nitrogens is 2. The van der Waals surface area contributed by atoms with Crippen LogP contribution in [0.15, 0.2) is 30.3 Å². The van der Waals surface area contributed by atoms with Crippen LogP contribution in [0.5, 0.6) is 0 Å². The molecule has 0 spiro atoms. The first kappa shape index (κ1) is 13.3. The van der Waals surface area contributed by atoms with E-state index in [-0.39, 0.29) is 0 Å². The SMILES string of the molecule is CCc1ccc(-c2nc(C)cc(CNC3CC3)n2)cc1. The molecule has 3 rings (SSSR count). The molecule has 1 aromatic heterocycles. The average molecular weight is 267 g/mol. The molecule has 20 heavy (non-hydrogen) atoms. The second-order valence-electron chi connectivity index (χ2n) is 5.53. The predicted octanol–water partition coefficient (Wildman–Crippen LogP) is 3.27. The van der Waals surface area contributed by atoms with E-state index in [4.69, 9.17) is 0 Å². The lowest BCUT2D eigenvalue weighted by atomic mass is 10.1. The van der Waals surface area contributed by atoms with Gasteiger partial charge in [0.15, 0.2) is 5.82 Å². The summed E-state index contributed by atoms with van der Waals surface area (Å²) < 4.78 is 0. The van der Waals surface area contributed by atoms with Crippen LogP contribution in [0.4, 0.5) is 0 Å². The summed E-state index contributed by atoms with van der Waals surface area (Å²) in [4.78, 5) is 9.25. The summed E-state index contributed by atoms with van der Waals surface area (Å²) in [6.07, 6.45) is 3.66. The Morgan fingerprint density at radius 1 is 1.15 bits per heavy atom. The molecule has 0 atom stereocenters. The molecule has 1 N–H and O–H groups in total. The molecule has 104 valence electrons. The number of rotatable bonds is 5. The van der Waals surface area contributed by atoms with Gasteiger partial charge in [-0.2, -0.15) is 0 Å². The summed E-state index contributed by atoms with van der Waals surface area (Å²) in [5, 5.41) is 3.51. The van der Waals surface area contributed by atoms with Gasteiger partial charge in [-0.15, -0.1) is 0 Å². The Bertz CT molecular complexity index is 586. The first-order chi connectivity index (χ1) is 9.74. The van der Waals surface area contributed by atoms with Crippen LogP contribution in [0.3, 0.4) is 0 Å². The van der Waals surface area contributed by atoms with Crippen molar-refractivity contribution in [3.63, 3.8) is 0 Å². The van der Waals surface area contributed by atoms with E-state index in [2.05, 4.69) is 52.5 Å². The number of aryl methyl sites for hydroxylation is 2. The fraction of sp³-hybridized carbons (Fsp3) is 0.412. The van der Waals surface area contributed by atoms with Crippen molar-refractivity contribution in [1.29, 1.82) is 0 Å². The Morgan fingerprint density at radius 3 is 2.55 bits per heavy atom. The molecule has 1 aliphatic rings. The van der Waals surface area contributed by atoms with Crippen LogP contribution in [0.25, 0.3) is 11.4 Å². The lowest BCUT2D eigenvalue weighted by molar-refractivity contribution is 0.672. The van der Waals surface area contributed by atoms with Crippen LogP contribution in [-0.2, 0) is 13.0 Å². The van der Waals surface area contributed by atoms with Gasteiger partial charge in [-0.25, -0.2) is 9.97 Å². The molecule has 0 amide bonds. The first-order valence-electron chi connectivity index (χ1n) is 7.42. The largest absolute Gasteiger partial charge is 0.308 e. The molecule has 0 aliphatic heterocycles. The van der Waals surface area contributed by atoms with Gasteiger partial charge in [-0.3, -0.25) is 0 Å². The molecule has 1 saturated carbocycles. The fourth-order valence-corrected chi connectivity index (χ4v) is 2.28. The van der Waals surface area contributed by atoms with E-state index < -0.39 is 0 Å². The van der Waals surface area contributed by atoms with Gasteiger partial charge >= 0.3 is 0 Å². The Hall–Kier alpha value is -1.74. The molecule has 3 nitrogen and oxygen atoms in total. The summed E-state index contributed by atoms with van der Waals surface area (Å²) in [7, 11) is 0. The highest BCUT2D eigenvalue weighted by atomic mass is 15.0. The monoisotopic (exact) mass is 267 g/mol. The van der Waals surface area contributed by atoms with E-state index in [1.807, 2.05) is 6.92 Å². The third kappa shape index (κ3) is 3.23. The van der Waals surface area contributed by atoms with Crippen molar-refractivity contribution >= 4 is 0 Å². The zero-order valence-corrected chi connectivity index (χ0v) is 12.2. The Balaban J connectivity index is 1.82. The van der Waals surface area contributed by atoms with Crippen LogP contribution < -0.4 is 5.32 Å². The highest BCUT2D eigenvalue weighted by Crippen LogP contribution is 2.20. The zero-order chi connectivity index (χ0) is 13.9. The van der Waals surface area contributed by atoms with Gasteiger partial charge in [-0.1, -0.05) is 31.2 Å². The molecule has 3 heteroatoms. The second kappa shape index (κ2) is 5.71. The second-order valence-corrected chi connectivity index (χ2v) is 5.53. The quantitative estimate of drug-likeness (QED) is 0.903. The van der Waals surface area contributed by atoms with Crippen molar-refractivity contribution in [3.8, 4) is 11.4 Å². The molecule has 0 radical (unpaired) electrons. The van der Waals surface area contributed by atoms with Crippen molar-refractivity contribution in [2.45, 2.75) is 45.7 Å². The third-order valence-electron chi connectivity index (χ3n) is 3.68. The van der Waals surface area contributed by atoms with E-state index in [1.165, 1.54) is 18.4 Å². The molecule has 0 saturated heterocycles. The minimum absolute atomic E-state index is 0.706. The Labute approximate surface area is 120 Å². The minimum Gasteiger partial charge on any atom is -0.308 e. The van der Waals surface area contributed by atoms with E-state index >= 15 is 0 Å². The standard InChI is InChI=1S/C17H21N3/c1-3-13-4-6-14(7-5-13)17-19-12(2)10-16(20-17)11-18-15-8-9-15/h4-7,10,15,18H,3,8-9,11H2,1-2H3. The predicted molar refractivity (Wildman–Crippen MR) is 81.4 cm³/mol. The van der Waals surface area contributed by atoms with E-state index in [0.29, 0.717) is 6.04 Å². The van der Waals surface area contributed by atoms with E-state index in [9.17, 15) is 0 Å². The normalized spacial score (nSPS) is 14.5. The smallest absolute Gasteiger partial charge is 0.159 e. The molecule has 1 aliphatic carbocycles. The third-order valence-corrected chi connectivity index (χ3v) is 3.68. The van der Waals surface area contributed by atoms with Gasteiger partial charge in [0.05, 0.1) is 5.69 Å². The number of nitrogens with zero attached hydrogens (tertiary/aromatic N) is 2. The highest BCUT2D eigenvalue weighted by molar-refractivity contribution is 5.55. The van der Waals surface area contributed by atoms with Crippen LogP contribution in [-0.4, -0.2) is 16.0 Å². The molecule has 0 bridgehead atoms. The summed E-state index contributed by atoms with van der Waals surface area (Å²) in [5.74, 6) is 0.834. The summed E-state index contributed by atoms with van der Waals surface area (Å²) in [5.41, 5.74) is 4.55. The lowest BCUT2D eigenvalue weighted by Crippen LogP contribution is -2.16. The van der Waals surface area contributed by atoms with Gasteiger partial charge in [0.2, 0.25) is 0 Å². The summed E-state index contributed by atoms with van der Waals surface area (Å²) >= 11 is 0. The van der Waals surface area contributed by atoms with Crippen LogP contribution in [0.2, 0.25) is 0 Å².